The first-order valence-corrected chi connectivity index (χ1v) is 15.2. The lowest BCUT2D eigenvalue weighted by Gasteiger charge is -2.37. The molecule has 1 aromatic rings. The molecule has 1 rings (SSSR count). The molecular formula is C30H51N3O4S. The second kappa shape index (κ2) is 15.4. The van der Waals surface area contributed by atoms with Crippen LogP contribution in [-0.4, -0.2) is 58.5 Å². The summed E-state index contributed by atoms with van der Waals surface area (Å²) >= 11 is 1.60. The van der Waals surface area contributed by atoms with E-state index in [1.54, 1.807) is 37.4 Å². The molecule has 2 N–H and O–H groups in total. The van der Waals surface area contributed by atoms with Crippen LogP contribution in [0.1, 0.15) is 103 Å². The number of rotatable bonds is 13. The number of amides is 3. The Morgan fingerprint density at radius 3 is 2.24 bits per heavy atom. The maximum atomic E-state index is 14.3. The van der Waals surface area contributed by atoms with Gasteiger partial charge < -0.3 is 20.3 Å². The van der Waals surface area contributed by atoms with Crippen LogP contribution in [0.4, 0.5) is 4.79 Å². The number of ether oxygens (including phenoxy) is 1. The van der Waals surface area contributed by atoms with Gasteiger partial charge in [-0.3, -0.25) is 9.59 Å². The molecule has 38 heavy (non-hydrogen) atoms. The van der Waals surface area contributed by atoms with Crippen LogP contribution in [0, 0.1) is 13.8 Å². The predicted molar refractivity (Wildman–Crippen MR) is 159 cm³/mol. The van der Waals surface area contributed by atoms with Crippen molar-refractivity contribution in [2.75, 3.05) is 18.6 Å². The second-order valence-electron chi connectivity index (χ2n) is 12.0. The van der Waals surface area contributed by atoms with Crippen LogP contribution < -0.4 is 10.6 Å². The van der Waals surface area contributed by atoms with Crippen molar-refractivity contribution in [3.8, 4) is 0 Å². The lowest BCUT2D eigenvalue weighted by Crippen LogP contribution is -2.55. The Balaban J connectivity index is 3.58. The summed E-state index contributed by atoms with van der Waals surface area (Å²) in [6.07, 6.45) is 5.61. The fourth-order valence-electron chi connectivity index (χ4n) is 4.18. The number of nitrogens with zero attached hydrogens (tertiary/aromatic N) is 1. The summed E-state index contributed by atoms with van der Waals surface area (Å²) < 4.78 is 5.48. The quantitative estimate of drug-likeness (QED) is 0.281. The Morgan fingerprint density at radius 1 is 1.03 bits per heavy atom. The van der Waals surface area contributed by atoms with E-state index in [0.29, 0.717) is 18.7 Å². The van der Waals surface area contributed by atoms with E-state index >= 15 is 0 Å². The molecule has 0 bridgehead atoms. The zero-order valence-corrected chi connectivity index (χ0v) is 26.1. The van der Waals surface area contributed by atoms with Gasteiger partial charge in [-0.15, -0.1) is 0 Å². The van der Waals surface area contributed by atoms with Gasteiger partial charge in [-0.25, -0.2) is 4.79 Å². The highest BCUT2D eigenvalue weighted by Gasteiger charge is 2.37. The van der Waals surface area contributed by atoms with Crippen LogP contribution >= 0.6 is 11.8 Å². The number of hydrogen-bond donors (Lipinski definition) is 2. The van der Waals surface area contributed by atoms with Crippen molar-refractivity contribution in [2.45, 2.75) is 118 Å². The lowest BCUT2D eigenvalue weighted by atomic mass is 9.94. The molecule has 0 aliphatic rings. The standard InChI is InChI=1S/C30H51N3O4S/c1-11-12-13-14-19-33(27(35)24(18-20-38-10)31-28(36)37-30(7,8)9)25(26(34)32-29(4,5)6)23-17-15-16-21(2)22(23)3/h15-17,24-25H,11-14,18-20H2,1-10H3,(H,31,36)(H,32,34). The highest BCUT2D eigenvalue weighted by atomic mass is 32.2. The van der Waals surface area contributed by atoms with Gasteiger partial charge in [-0.05, 0) is 96.9 Å². The summed E-state index contributed by atoms with van der Waals surface area (Å²) in [6.45, 7) is 17.7. The summed E-state index contributed by atoms with van der Waals surface area (Å²) in [6, 6.07) is 4.24. The Morgan fingerprint density at radius 2 is 1.68 bits per heavy atom. The third-order valence-electron chi connectivity index (χ3n) is 6.13. The van der Waals surface area contributed by atoms with Crippen molar-refractivity contribution in [1.82, 2.24) is 15.5 Å². The molecule has 0 spiro atoms. The second-order valence-corrected chi connectivity index (χ2v) is 13.0. The number of hydrogen-bond acceptors (Lipinski definition) is 5. The highest BCUT2D eigenvalue weighted by molar-refractivity contribution is 7.98. The van der Waals surface area contributed by atoms with Crippen molar-refractivity contribution < 1.29 is 19.1 Å². The number of carbonyl (C=O) groups excluding carboxylic acids is 3. The number of alkyl carbamates (subject to hydrolysis) is 1. The van der Waals surface area contributed by atoms with E-state index in [1.165, 1.54) is 0 Å². The summed E-state index contributed by atoms with van der Waals surface area (Å²) in [7, 11) is 0. The van der Waals surface area contributed by atoms with Gasteiger partial charge in [0, 0.05) is 12.1 Å². The summed E-state index contributed by atoms with van der Waals surface area (Å²) in [5.41, 5.74) is 1.67. The molecule has 2 atom stereocenters. The van der Waals surface area contributed by atoms with Gasteiger partial charge in [0.05, 0.1) is 0 Å². The van der Waals surface area contributed by atoms with Gasteiger partial charge in [-0.2, -0.15) is 11.8 Å². The normalized spacial score (nSPS) is 13.4. The Bertz CT molecular complexity index is 921. The molecule has 0 aromatic heterocycles. The van der Waals surface area contributed by atoms with Crippen molar-refractivity contribution in [3.63, 3.8) is 0 Å². The van der Waals surface area contributed by atoms with E-state index < -0.39 is 29.3 Å². The molecule has 7 nitrogen and oxygen atoms in total. The number of carbonyl (C=O) groups is 3. The number of unbranched alkanes of at least 4 members (excludes halogenated alkanes) is 3. The molecule has 0 radical (unpaired) electrons. The molecule has 0 heterocycles. The average Bonchev–Trinajstić information content (AvgIpc) is 2.78. The number of nitrogens with one attached hydrogen (secondary N) is 2. The zero-order chi connectivity index (χ0) is 29.1. The monoisotopic (exact) mass is 549 g/mol. The lowest BCUT2D eigenvalue weighted by molar-refractivity contribution is -0.143. The molecule has 3 amide bonds. The Labute approximate surface area is 235 Å². The van der Waals surface area contributed by atoms with E-state index in [1.807, 2.05) is 59.1 Å². The van der Waals surface area contributed by atoms with Crippen molar-refractivity contribution in [1.29, 1.82) is 0 Å². The molecule has 0 saturated carbocycles. The van der Waals surface area contributed by atoms with Crippen molar-refractivity contribution in [3.05, 3.63) is 34.9 Å². The smallest absolute Gasteiger partial charge is 0.408 e. The summed E-state index contributed by atoms with van der Waals surface area (Å²) in [4.78, 5) is 42.6. The fourth-order valence-corrected chi connectivity index (χ4v) is 4.65. The maximum Gasteiger partial charge on any atom is 0.408 e. The largest absolute Gasteiger partial charge is 0.444 e. The molecular weight excluding hydrogens is 498 g/mol. The van der Waals surface area contributed by atoms with Crippen LogP contribution in [0.5, 0.6) is 0 Å². The van der Waals surface area contributed by atoms with E-state index in [-0.39, 0.29) is 11.8 Å². The topological polar surface area (TPSA) is 87.7 Å². The number of aryl methyl sites for hydroxylation is 1. The minimum atomic E-state index is -0.819. The maximum absolute atomic E-state index is 14.3. The van der Waals surface area contributed by atoms with E-state index in [2.05, 4.69) is 17.6 Å². The van der Waals surface area contributed by atoms with Crippen LogP contribution in [0.25, 0.3) is 0 Å². The van der Waals surface area contributed by atoms with E-state index in [4.69, 9.17) is 4.74 Å². The zero-order valence-electron chi connectivity index (χ0n) is 25.3. The Hall–Kier alpha value is -2.22. The minimum absolute atomic E-state index is 0.226. The van der Waals surface area contributed by atoms with Gasteiger partial charge in [0.25, 0.3) is 0 Å². The van der Waals surface area contributed by atoms with Gasteiger partial charge in [-0.1, -0.05) is 44.4 Å². The fraction of sp³-hybridized carbons (Fsp3) is 0.700. The third kappa shape index (κ3) is 11.7. The SMILES string of the molecule is CCCCCCN(C(=O)C(CCSC)NC(=O)OC(C)(C)C)C(C(=O)NC(C)(C)C)c1cccc(C)c1C. The van der Waals surface area contributed by atoms with E-state index in [0.717, 1.165) is 42.4 Å². The van der Waals surface area contributed by atoms with E-state index in [9.17, 15) is 14.4 Å². The van der Waals surface area contributed by atoms with Crippen molar-refractivity contribution >= 4 is 29.7 Å². The molecule has 1 aromatic carbocycles. The van der Waals surface area contributed by atoms with Gasteiger partial charge >= 0.3 is 6.09 Å². The first-order chi connectivity index (χ1) is 17.6. The minimum Gasteiger partial charge on any atom is -0.444 e. The molecule has 8 heteroatoms. The van der Waals surface area contributed by atoms with Crippen molar-refractivity contribution in [2.24, 2.45) is 0 Å². The van der Waals surface area contributed by atoms with Crippen LogP contribution in [0.3, 0.4) is 0 Å². The number of benzene rings is 1. The molecule has 2 unspecified atom stereocenters. The third-order valence-corrected chi connectivity index (χ3v) is 6.78. The number of thioether (sulfide) groups is 1. The first kappa shape index (κ1) is 33.8. The van der Waals surface area contributed by atoms with Gasteiger partial charge in [0.1, 0.15) is 17.7 Å². The molecule has 0 aliphatic heterocycles. The first-order valence-electron chi connectivity index (χ1n) is 13.8. The Kier molecular flexibility index (Phi) is 13.7. The molecule has 216 valence electrons. The molecule has 0 saturated heterocycles. The van der Waals surface area contributed by atoms with Crippen LogP contribution in [-0.2, 0) is 14.3 Å². The van der Waals surface area contributed by atoms with Gasteiger partial charge in [0.2, 0.25) is 11.8 Å². The van der Waals surface area contributed by atoms with Gasteiger partial charge in [0.15, 0.2) is 0 Å². The average molecular weight is 550 g/mol. The molecule has 0 aliphatic carbocycles. The highest BCUT2D eigenvalue weighted by Crippen LogP contribution is 2.29. The van der Waals surface area contributed by atoms with Crippen LogP contribution in [0.15, 0.2) is 18.2 Å². The van der Waals surface area contributed by atoms with Crippen LogP contribution in [0.2, 0.25) is 0 Å². The summed E-state index contributed by atoms with van der Waals surface area (Å²) in [5, 5.41) is 5.92. The molecule has 0 fully saturated rings. The predicted octanol–water partition coefficient (Wildman–Crippen LogP) is 6.31. The summed E-state index contributed by atoms with van der Waals surface area (Å²) in [5.74, 6) is 0.186.